The molecule has 184 valence electrons. The summed E-state index contributed by atoms with van der Waals surface area (Å²) in [7, 11) is 0. The molecule has 0 amide bonds. The first-order valence-corrected chi connectivity index (χ1v) is 12.8. The van der Waals surface area contributed by atoms with E-state index in [9.17, 15) is 4.79 Å². The first kappa shape index (κ1) is 23.1. The topological polar surface area (TPSA) is 121 Å². The molecule has 10 heteroatoms. The number of pyridine rings is 3. The number of imidazole rings is 1. The van der Waals surface area contributed by atoms with Crippen molar-refractivity contribution >= 4 is 39.7 Å². The van der Waals surface area contributed by atoms with Gasteiger partial charge in [-0.2, -0.15) is 0 Å². The number of aromatic nitrogens is 5. The van der Waals surface area contributed by atoms with Crippen LogP contribution in [0.1, 0.15) is 40.5 Å². The number of hydrogen-bond acceptors (Lipinski definition) is 9. The maximum atomic E-state index is 11.8. The van der Waals surface area contributed by atoms with Crippen molar-refractivity contribution in [3.63, 3.8) is 0 Å². The van der Waals surface area contributed by atoms with Crippen molar-refractivity contribution in [1.29, 1.82) is 0 Å². The van der Waals surface area contributed by atoms with Gasteiger partial charge in [0.25, 0.3) is 0 Å². The minimum Gasteiger partial charge on any atom is -0.350 e. The number of nitrogens with one attached hydrogen (secondary N) is 3. The molecule has 0 fully saturated rings. The summed E-state index contributed by atoms with van der Waals surface area (Å²) in [5.74, 6) is 1.44. The maximum Gasteiger partial charge on any atom is 0.169 e. The number of aliphatic imine (C=N–C) groups is 1. The molecule has 0 saturated carbocycles. The number of rotatable bonds is 7. The molecule has 1 aliphatic rings. The molecule has 0 unspecified atom stereocenters. The Kier molecular flexibility index (Phi) is 6.03. The minimum atomic E-state index is 0.0393. The highest BCUT2D eigenvalue weighted by Crippen LogP contribution is 2.33. The SMILES string of the molecule is CCNCc1cncc(-c2cnc3c(c2)C(c2nc4c(-c5ccc(C(C)=O)s5)nccc4[nH]2)=NCN3)c1. The predicted molar refractivity (Wildman–Crippen MR) is 146 cm³/mol. The zero-order valence-electron chi connectivity index (χ0n) is 20.4. The van der Waals surface area contributed by atoms with Gasteiger partial charge in [-0.05, 0) is 49.4 Å². The quantitative estimate of drug-likeness (QED) is 0.273. The largest absolute Gasteiger partial charge is 0.350 e. The first-order chi connectivity index (χ1) is 18.1. The Morgan fingerprint density at radius 3 is 2.84 bits per heavy atom. The van der Waals surface area contributed by atoms with Crippen LogP contribution in [-0.2, 0) is 6.54 Å². The van der Waals surface area contributed by atoms with E-state index in [1.807, 2.05) is 36.8 Å². The number of nitrogens with zero attached hydrogens (tertiary/aromatic N) is 5. The molecule has 0 aromatic carbocycles. The smallest absolute Gasteiger partial charge is 0.169 e. The van der Waals surface area contributed by atoms with Crippen LogP contribution in [-0.4, -0.2) is 49.6 Å². The zero-order chi connectivity index (χ0) is 25.4. The molecular weight excluding hydrogens is 484 g/mol. The van der Waals surface area contributed by atoms with Crippen LogP contribution < -0.4 is 10.6 Å². The van der Waals surface area contributed by atoms with E-state index in [-0.39, 0.29) is 5.78 Å². The van der Waals surface area contributed by atoms with Crippen LogP contribution in [0.3, 0.4) is 0 Å². The third-order valence-electron chi connectivity index (χ3n) is 6.15. The number of hydrogen-bond donors (Lipinski definition) is 3. The third kappa shape index (κ3) is 4.41. The fraction of sp³-hybridized carbons (Fsp3) is 0.185. The summed E-state index contributed by atoms with van der Waals surface area (Å²) in [6, 6.07) is 9.85. The van der Waals surface area contributed by atoms with Gasteiger partial charge in [-0.3, -0.25) is 19.8 Å². The summed E-state index contributed by atoms with van der Waals surface area (Å²) in [6.07, 6.45) is 7.33. The van der Waals surface area contributed by atoms with Crippen molar-refractivity contribution in [3.05, 3.63) is 76.9 Å². The fourth-order valence-corrected chi connectivity index (χ4v) is 5.22. The van der Waals surface area contributed by atoms with Crippen LogP contribution >= 0.6 is 11.3 Å². The van der Waals surface area contributed by atoms with Gasteiger partial charge in [0.05, 0.1) is 15.3 Å². The Hall–Kier alpha value is -4.28. The number of thiophene rings is 1. The number of carbonyl (C=O) groups excluding carboxylic acids is 1. The van der Waals surface area contributed by atoms with E-state index in [1.165, 1.54) is 11.3 Å². The van der Waals surface area contributed by atoms with E-state index in [0.29, 0.717) is 17.4 Å². The van der Waals surface area contributed by atoms with Crippen LogP contribution in [0.4, 0.5) is 5.82 Å². The molecule has 0 aliphatic carbocycles. The molecule has 0 bridgehead atoms. The van der Waals surface area contributed by atoms with E-state index in [4.69, 9.17) is 9.98 Å². The third-order valence-corrected chi connectivity index (χ3v) is 7.34. The number of H-pyrrole nitrogens is 1. The van der Waals surface area contributed by atoms with Crippen molar-refractivity contribution in [2.75, 3.05) is 18.5 Å². The average molecular weight is 509 g/mol. The predicted octanol–water partition coefficient (Wildman–Crippen LogP) is 4.68. The van der Waals surface area contributed by atoms with Gasteiger partial charge >= 0.3 is 0 Å². The molecule has 5 aromatic rings. The molecule has 3 N–H and O–H groups in total. The average Bonchev–Trinajstić information content (AvgIpc) is 3.59. The lowest BCUT2D eigenvalue weighted by Crippen LogP contribution is -2.19. The van der Waals surface area contributed by atoms with E-state index >= 15 is 0 Å². The van der Waals surface area contributed by atoms with E-state index < -0.39 is 0 Å². The summed E-state index contributed by atoms with van der Waals surface area (Å²) in [5, 5.41) is 6.60. The molecule has 0 saturated heterocycles. The Balaban J connectivity index is 1.40. The minimum absolute atomic E-state index is 0.0393. The number of carbonyl (C=O) groups is 1. The Labute approximate surface area is 217 Å². The molecular formula is C27H24N8OS. The Morgan fingerprint density at radius 1 is 1.11 bits per heavy atom. The molecule has 6 rings (SSSR count). The zero-order valence-corrected chi connectivity index (χ0v) is 21.2. The highest BCUT2D eigenvalue weighted by Gasteiger charge is 2.22. The van der Waals surface area contributed by atoms with Crippen molar-refractivity contribution in [3.8, 4) is 21.7 Å². The van der Waals surface area contributed by atoms with Gasteiger partial charge in [-0.1, -0.05) is 6.92 Å². The summed E-state index contributed by atoms with van der Waals surface area (Å²) in [6.45, 7) is 5.72. The molecule has 5 aromatic heterocycles. The molecule has 6 heterocycles. The number of aromatic amines is 1. The number of ketones is 1. The van der Waals surface area contributed by atoms with Gasteiger partial charge in [0.1, 0.15) is 29.4 Å². The summed E-state index contributed by atoms with van der Waals surface area (Å²) in [4.78, 5) is 40.2. The van der Waals surface area contributed by atoms with Crippen molar-refractivity contribution < 1.29 is 4.79 Å². The second-order valence-corrected chi connectivity index (χ2v) is 9.77. The van der Waals surface area contributed by atoms with Crippen LogP contribution in [0.25, 0.3) is 32.7 Å². The Morgan fingerprint density at radius 2 is 2.00 bits per heavy atom. The van der Waals surface area contributed by atoms with E-state index in [2.05, 4.69) is 49.6 Å². The van der Waals surface area contributed by atoms with Gasteiger partial charge in [0.15, 0.2) is 11.6 Å². The van der Waals surface area contributed by atoms with Crippen molar-refractivity contribution in [2.24, 2.45) is 4.99 Å². The molecule has 37 heavy (non-hydrogen) atoms. The standard InChI is InChI=1S/C27H24N8OS/c1-3-28-10-16-8-17(12-29-11-16)18-9-19-23(32-14-33-26(19)31-13-18)27-34-20-6-7-30-25(24(20)35-27)22-5-4-21(37-22)15(2)36/h4-9,11-13,28H,3,10,14H2,1-2H3,(H,31,33)(H,34,35). The van der Waals surface area contributed by atoms with Crippen LogP contribution in [0.15, 0.2) is 60.1 Å². The van der Waals surface area contributed by atoms with E-state index in [0.717, 1.165) is 68.5 Å². The highest BCUT2D eigenvalue weighted by molar-refractivity contribution is 7.17. The van der Waals surface area contributed by atoms with Crippen LogP contribution in [0.5, 0.6) is 0 Å². The van der Waals surface area contributed by atoms with Gasteiger partial charge in [-0.15, -0.1) is 11.3 Å². The molecule has 9 nitrogen and oxygen atoms in total. The van der Waals surface area contributed by atoms with Gasteiger partial charge < -0.3 is 15.6 Å². The summed E-state index contributed by atoms with van der Waals surface area (Å²) in [5.41, 5.74) is 6.99. The monoisotopic (exact) mass is 508 g/mol. The number of fused-ring (bicyclic) bond motifs is 2. The van der Waals surface area contributed by atoms with E-state index in [1.54, 1.807) is 13.1 Å². The first-order valence-electron chi connectivity index (χ1n) is 12.0. The van der Waals surface area contributed by atoms with Gasteiger partial charge in [0, 0.05) is 48.0 Å². The van der Waals surface area contributed by atoms with Gasteiger partial charge in [0.2, 0.25) is 0 Å². The second kappa shape index (κ2) is 9.64. The summed E-state index contributed by atoms with van der Waals surface area (Å²) < 4.78 is 0. The normalized spacial score (nSPS) is 12.8. The van der Waals surface area contributed by atoms with Crippen LogP contribution in [0.2, 0.25) is 0 Å². The molecule has 1 aliphatic heterocycles. The summed E-state index contributed by atoms with van der Waals surface area (Å²) >= 11 is 1.42. The fourth-order valence-electron chi connectivity index (χ4n) is 4.32. The van der Waals surface area contributed by atoms with Crippen LogP contribution in [0, 0.1) is 0 Å². The second-order valence-electron chi connectivity index (χ2n) is 8.69. The van der Waals surface area contributed by atoms with Crippen molar-refractivity contribution in [1.82, 2.24) is 30.2 Å². The highest BCUT2D eigenvalue weighted by atomic mass is 32.1. The lowest BCUT2D eigenvalue weighted by molar-refractivity contribution is 0.102. The number of anilines is 1. The maximum absolute atomic E-state index is 11.8. The molecule has 0 radical (unpaired) electrons. The number of Topliss-reactive ketones (excluding diaryl/α,β-unsaturated/α-hetero) is 1. The van der Waals surface area contributed by atoms with Gasteiger partial charge in [-0.25, -0.2) is 9.97 Å². The molecule has 0 atom stereocenters. The Bertz CT molecular complexity index is 1670. The lowest BCUT2D eigenvalue weighted by atomic mass is 10.0. The molecule has 0 spiro atoms. The van der Waals surface area contributed by atoms with Crippen molar-refractivity contribution in [2.45, 2.75) is 20.4 Å². The lowest BCUT2D eigenvalue weighted by Gasteiger charge is -2.17.